The molecule has 0 fully saturated rings. The van der Waals surface area contributed by atoms with Crippen molar-refractivity contribution in [3.05, 3.63) is 64.4 Å². The third kappa shape index (κ3) is 5.20. The Hall–Kier alpha value is -1.73. The van der Waals surface area contributed by atoms with Crippen molar-refractivity contribution in [2.75, 3.05) is 26.5 Å². The lowest BCUT2D eigenvalue weighted by Crippen LogP contribution is -2.20. The average molecular weight is 437 g/mol. The van der Waals surface area contributed by atoms with E-state index in [1.165, 1.54) is 0 Å². The monoisotopic (exact) mass is 436 g/mol. The van der Waals surface area contributed by atoms with Gasteiger partial charge in [-0.1, -0.05) is 41.0 Å². The second kappa shape index (κ2) is 9.65. The molecule has 0 aliphatic rings. The second-order valence-corrected chi connectivity index (χ2v) is 8.38. The average Bonchev–Trinajstić information content (AvgIpc) is 3.09. The molecule has 28 heavy (non-hydrogen) atoms. The van der Waals surface area contributed by atoms with Crippen LogP contribution in [-0.4, -0.2) is 46.1 Å². The molecule has 0 saturated heterocycles. The van der Waals surface area contributed by atoms with Gasteiger partial charge in [0.05, 0.1) is 12.6 Å². The molecule has 0 saturated carbocycles. The van der Waals surface area contributed by atoms with Gasteiger partial charge in [0.15, 0.2) is 11.0 Å². The molecule has 0 bridgehead atoms. The van der Waals surface area contributed by atoms with E-state index < -0.39 is 0 Å². The van der Waals surface area contributed by atoms with Gasteiger partial charge in [0.25, 0.3) is 0 Å². The zero-order chi connectivity index (χ0) is 20.1. The maximum absolute atomic E-state index is 6.06. The van der Waals surface area contributed by atoms with E-state index in [9.17, 15) is 0 Å². The van der Waals surface area contributed by atoms with Gasteiger partial charge >= 0.3 is 0 Å². The van der Waals surface area contributed by atoms with Crippen molar-refractivity contribution >= 4 is 35.0 Å². The maximum Gasteiger partial charge on any atom is 0.196 e. The van der Waals surface area contributed by atoms with Crippen LogP contribution in [0.25, 0.3) is 5.69 Å². The van der Waals surface area contributed by atoms with Crippen LogP contribution in [-0.2, 0) is 0 Å². The van der Waals surface area contributed by atoms with Crippen LogP contribution in [0, 0.1) is 0 Å². The van der Waals surface area contributed by atoms with Crippen LogP contribution in [0.15, 0.2) is 53.7 Å². The Morgan fingerprint density at radius 1 is 1.07 bits per heavy atom. The number of hydrogen-bond donors (Lipinski definition) is 0. The van der Waals surface area contributed by atoms with Crippen LogP contribution in [0.5, 0.6) is 5.75 Å². The van der Waals surface area contributed by atoms with Gasteiger partial charge in [0.2, 0.25) is 0 Å². The topological polar surface area (TPSA) is 43.2 Å². The Morgan fingerprint density at radius 2 is 1.82 bits per heavy atom. The zero-order valence-electron chi connectivity index (χ0n) is 16.0. The van der Waals surface area contributed by atoms with Crippen molar-refractivity contribution in [1.82, 2.24) is 19.7 Å². The van der Waals surface area contributed by atoms with Crippen molar-refractivity contribution in [1.29, 1.82) is 0 Å². The summed E-state index contributed by atoms with van der Waals surface area (Å²) in [4.78, 5) is 2.10. The Kier molecular flexibility index (Phi) is 7.24. The fourth-order valence-corrected chi connectivity index (χ4v) is 3.64. The minimum absolute atomic E-state index is 0.111. The normalized spacial score (nSPS) is 12.4. The summed E-state index contributed by atoms with van der Waals surface area (Å²) in [5, 5.41) is 11.0. The fourth-order valence-electron chi connectivity index (χ4n) is 2.56. The highest BCUT2D eigenvalue weighted by Gasteiger charge is 2.20. The predicted octanol–water partition coefficient (Wildman–Crippen LogP) is 5.37. The second-order valence-electron chi connectivity index (χ2n) is 6.45. The van der Waals surface area contributed by atoms with Crippen LogP contribution in [0.1, 0.15) is 18.8 Å². The molecule has 148 valence electrons. The summed E-state index contributed by atoms with van der Waals surface area (Å²) in [6.45, 7) is 2.64. The molecule has 0 amide bonds. The molecule has 1 aromatic heterocycles. The van der Waals surface area contributed by atoms with Crippen molar-refractivity contribution in [2.24, 2.45) is 0 Å². The third-order valence-corrected chi connectivity index (χ3v) is 5.65. The highest BCUT2D eigenvalue weighted by molar-refractivity contribution is 7.99. The molecule has 1 heterocycles. The third-order valence-electron chi connectivity index (χ3n) is 4.27. The number of aromatic nitrogens is 3. The molecule has 0 spiro atoms. The van der Waals surface area contributed by atoms with Crippen LogP contribution in [0.4, 0.5) is 0 Å². The summed E-state index contributed by atoms with van der Waals surface area (Å²) in [6, 6.07) is 15.2. The summed E-state index contributed by atoms with van der Waals surface area (Å²) < 4.78 is 7.85. The first-order chi connectivity index (χ1) is 13.5. The van der Waals surface area contributed by atoms with Crippen molar-refractivity contribution in [2.45, 2.75) is 18.1 Å². The molecule has 0 radical (unpaired) electrons. The van der Waals surface area contributed by atoms with E-state index in [0.717, 1.165) is 28.2 Å². The van der Waals surface area contributed by atoms with E-state index in [2.05, 4.69) is 26.6 Å². The number of benzene rings is 2. The van der Waals surface area contributed by atoms with E-state index in [1.807, 2.05) is 56.6 Å². The lowest BCUT2D eigenvalue weighted by atomic mass is 10.2. The van der Waals surface area contributed by atoms with Crippen LogP contribution >= 0.6 is 35.0 Å². The Balaban J connectivity index is 1.75. The van der Waals surface area contributed by atoms with E-state index in [1.54, 1.807) is 17.8 Å². The highest BCUT2D eigenvalue weighted by Crippen LogP contribution is 2.27. The Morgan fingerprint density at radius 3 is 2.50 bits per heavy atom. The highest BCUT2D eigenvalue weighted by atomic mass is 35.5. The summed E-state index contributed by atoms with van der Waals surface area (Å²) in [7, 11) is 4.05. The summed E-state index contributed by atoms with van der Waals surface area (Å²) >= 11 is 13.6. The van der Waals surface area contributed by atoms with Crippen molar-refractivity contribution in [3.63, 3.8) is 0 Å². The molecule has 8 heteroatoms. The van der Waals surface area contributed by atoms with Crippen LogP contribution < -0.4 is 4.74 Å². The van der Waals surface area contributed by atoms with Gasteiger partial charge in [-0.2, -0.15) is 0 Å². The van der Waals surface area contributed by atoms with E-state index in [4.69, 9.17) is 27.9 Å². The number of halogens is 2. The number of hydrogen-bond acceptors (Lipinski definition) is 5. The van der Waals surface area contributed by atoms with Gasteiger partial charge in [0, 0.05) is 21.5 Å². The van der Waals surface area contributed by atoms with E-state index >= 15 is 0 Å². The zero-order valence-corrected chi connectivity index (χ0v) is 18.3. The summed E-state index contributed by atoms with van der Waals surface area (Å²) in [5.74, 6) is 2.37. The SMILES string of the molecule is CC(c1nnc(SCCOc2cccc(Cl)c2)n1-c1ccc(Cl)cc1)N(C)C. The molecule has 0 aliphatic carbocycles. The lowest BCUT2D eigenvalue weighted by molar-refractivity contribution is 0.305. The van der Waals surface area contributed by atoms with Gasteiger partial charge in [-0.25, -0.2) is 0 Å². The lowest BCUT2D eigenvalue weighted by Gasteiger charge is -2.20. The molecule has 5 nitrogen and oxygen atoms in total. The molecule has 1 atom stereocenters. The maximum atomic E-state index is 6.06. The van der Waals surface area contributed by atoms with Gasteiger partial charge in [-0.15, -0.1) is 10.2 Å². The van der Waals surface area contributed by atoms with Crippen molar-refractivity contribution < 1.29 is 4.74 Å². The fraction of sp³-hybridized carbons (Fsp3) is 0.300. The molecule has 3 rings (SSSR count). The number of rotatable bonds is 8. The minimum Gasteiger partial charge on any atom is -0.493 e. The van der Waals surface area contributed by atoms with Gasteiger partial charge in [-0.05, 0) is 63.5 Å². The molecule has 1 unspecified atom stereocenters. The number of ether oxygens (including phenoxy) is 1. The smallest absolute Gasteiger partial charge is 0.196 e. The molecular weight excluding hydrogens is 415 g/mol. The largest absolute Gasteiger partial charge is 0.493 e. The van der Waals surface area contributed by atoms with Gasteiger partial charge in [-0.3, -0.25) is 9.47 Å². The predicted molar refractivity (Wildman–Crippen MR) is 116 cm³/mol. The molecule has 3 aromatic rings. The van der Waals surface area contributed by atoms with Crippen molar-refractivity contribution in [3.8, 4) is 11.4 Å². The van der Waals surface area contributed by atoms with Crippen LogP contribution in [0.3, 0.4) is 0 Å². The van der Waals surface area contributed by atoms with Gasteiger partial charge < -0.3 is 4.74 Å². The number of nitrogens with zero attached hydrogens (tertiary/aromatic N) is 4. The summed E-state index contributed by atoms with van der Waals surface area (Å²) in [6.07, 6.45) is 0. The number of thioether (sulfide) groups is 1. The Bertz CT molecular complexity index is 915. The van der Waals surface area contributed by atoms with Gasteiger partial charge in [0.1, 0.15) is 5.75 Å². The standard InChI is InChI=1S/C20H22Cl2N4OS/c1-14(25(2)3)19-23-24-20(26(19)17-9-7-15(21)8-10-17)28-12-11-27-18-6-4-5-16(22)13-18/h4-10,13-14H,11-12H2,1-3H3. The summed E-state index contributed by atoms with van der Waals surface area (Å²) in [5.41, 5.74) is 0.983. The molecule has 2 aromatic carbocycles. The molecule has 0 aliphatic heterocycles. The quantitative estimate of drug-likeness (QED) is 0.350. The first kappa shape index (κ1) is 21.0. The van der Waals surface area contributed by atoms with Crippen LogP contribution in [0.2, 0.25) is 10.0 Å². The minimum atomic E-state index is 0.111. The Labute approximate surface area is 179 Å². The molecule has 0 N–H and O–H groups in total. The van der Waals surface area contributed by atoms with E-state index in [-0.39, 0.29) is 6.04 Å². The first-order valence-corrected chi connectivity index (χ1v) is 10.6. The molecular formula is C20H22Cl2N4OS. The van der Waals surface area contributed by atoms with E-state index in [0.29, 0.717) is 16.7 Å². The first-order valence-electron chi connectivity index (χ1n) is 8.84.